The molecule has 55 heavy (non-hydrogen) atoms. The number of furan rings is 1. The summed E-state index contributed by atoms with van der Waals surface area (Å²) in [5, 5.41) is 7.19. The van der Waals surface area contributed by atoms with Crippen molar-refractivity contribution in [2.24, 2.45) is 0 Å². The first-order valence-electron chi connectivity index (χ1n) is 18.8. The van der Waals surface area contributed by atoms with Crippen LogP contribution < -0.4 is 4.90 Å². The number of aromatic nitrogens is 1. The summed E-state index contributed by atoms with van der Waals surface area (Å²) in [4.78, 5) is 2.38. The summed E-state index contributed by atoms with van der Waals surface area (Å²) in [5.41, 5.74) is 13.2. The molecule has 11 rings (SSSR count). The van der Waals surface area contributed by atoms with Crippen LogP contribution >= 0.6 is 0 Å². The van der Waals surface area contributed by atoms with Crippen LogP contribution in [0.3, 0.4) is 0 Å². The molecule has 2 heterocycles. The van der Waals surface area contributed by atoms with Gasteiger partial charge in [-0.05, 0) is 82.7 Å². The second-order valence-electron chi connectivity index (χ2n) is 14.1. The maximum Gasteiger partial charge on any atom is 0.135 e. The smallest absolute Gasteiger partial charge is 0.135 e. The SMILES string of the molecule is c1ccc(-c2ccc(-c3ccccc3N(c3ccc(-n4c5ccccc5c5ccc6ccccc6c54)cc3)c3ccc4oc5ccccc5c4c3)cc2)cc1. The fourth-order valence-electron chi connectivity index (χ4n) is 8.42. The summed E-state index contributed by atoms with van der Waals surface area (Å²) < 4.78 is 8.70. The molecule has 0 fully saturated rings. The van der Waals surface area contributed by atoms with Crippen molar-refractivity contribution in [3.05, 3.63) is 206 Å². The molecular formula is C52H34N2O. The average molecular weight is 703 g/mol. The van der Waals surface area contributed by atoms with Gasteiger partial charge < -0.3 is 13.9 Å². The van der Waals surface area contributed by atoms with Crippen LogP contribution in [0.25, 0.3) is 82.5 Å². The normalized spacial score (nSPS) is 11.6. The molecule has 0 atom stereocenters. The number of para-hydroxylation sites is 3. The van der Waals surface area contributed by atoms with Crippen LogP contribution in [0.5, 0.6) is 0 Å². The summed E-state index contributed by atoms with van der Waals surface area (Å²) >= 11 is 0. The highest BCUT2D eigenvalue weighted by Crippen LogP contribution is 2.44. The number of nitrogens with zero attached hydrogens (tertiary/aromatic N) is 2. The van der Waals surface area contributed by atoms with E-state index in [-0.39, 0.29) is 0 Å². The van der Waals surface area contributed by atoms with Crippen LogP contribution in [0, 0.1) is 0 Å². The van der Waals surface area contributed by atoms with Gasteiger partial charge in [0.05, 0.1) is 16.7 Å². The van der Waals surface area contributed by atoms with Gasteiger partial charge in [0.2, 0.25) is 0 Å². The van der Waals surface area contributed by atoms with Gasteiger partial charge in [-0.3, -0.25) is 0 Å². The number of hydrogen-bond acceptors (Lipinski definition) is 2. The molecule has 0 amide bonds. The van der Waals surface area contributed by atoms with Crippen molar-refractivity contribution >= 4 is 71.6 Å². The lowest BCUT2D eigenvalue weighted by Crippen LogP contribution is -2.11. The second-order valence-corrected chi connectivity index (χ2v) is 14.1. The third kappa shape index (κ3) is 5.13. The Balaban J connectivity index is 1.10. The molecule has 9 aromatic carbocycles. The number of hydrogen-bond donors (Lipinski definition) is 0. The highest BCUT2D eigenvalue weighted by Gasteiger charge is 2.20. The Labute approximate surface area is 318 Å². The van der Waals surface area contributed by atoms with Gasteiger partial charge in [-0.15, -0.1) is 0 Å². The van der Waals surface area contributed by atoms with Crippen LogP contribution in [-0.4, -0.2) is 4.57 Å². The van der Waals surface area contributed by atoms with E-state index in [1.54, 1.807) is 0 Å². The molecule has 0 saturated heterocycles. The van der Waals surface area contributed by atoms with Crippen LogP contribution in [0.2, 0.25) is 0 Å². The zero-order valence-corrected chi connectivity index (χ0v) is 29.9. The van der Waals surface area contributed by atoms with E-state index in [1.807, 2.05) is 12.1 Å². The fourth-order valence-corrected chi connectivity index (χ4v) is 8.42. The fraction of sp³-hybridized carbons (Fsp3) is 0. The Hall–Kier alpha value is -7.36. The zero-order chi connectivity index (χ0) is 36.3. The van der Waals surface area contributed by atoms with E-state index in [0.717, 1.165) is 55.8 Å². The van der Waals surface area contributed by atoms with E-state index in [4.69, 9.17) is 4.42 Å². The summed E-state index contributed by atoms with van der Waals surface area (Å²) in [5.74, 6) is 0. The van der Waals surface area contributed by atoms with E-state index >= 15 is 0 Å². The van der Waals surface area contributed by atoms with Crippen molar-refractivity contribution in [2.75, 3.05) is 4.90 Å². The van der Waals surface area contributed by atoms with E-state index in [2.05, 4.69) is 204 Å². The van der Waals surface area contributed by atoms with Crippen LogP contribution in [0.1, 0.15) is 0 Å². The van der Waals surface area contributed by atoms with Gasteiger partial charge in [0.25, 0.3) is 0 Å². The van der Waals surface area contributed by atoms with Crippen molar-refractivity contribution in [2.45, 2.75) is 0 Å². The molecule has 0 saturated carbocycles. The van der Waals surface area contributed by atoms with Gasteiger partial charge in [0.1, 0.15) is 11.2 Å². The Kier molecular flexibility index (Phi) is 7.17. The van der Waals surface area contributed by atoms with E-state index < -0.39 is 0 Å². The Morgan fingerprint density at radius 2 is 1.02 bits per heavy atom. The van der Waals surface area contributed by atoms with Gasteiger partial charge >= 0.3 is 0 Å². The van der Waals surface area contributed by atoms with Gasteiger partial charge in [-0.2, -0.15) is 0 Å². The van der Waals surface area contributed by atoms with Crippen LogP contribution in [0.4, 0.5) is 17.1 Å². The highest BCUT2D eigenvalue weighted by atomic mass is 16.3. The molecule has 0 bridgehead atoms. The summed E-state index contributed by atoms with van der Waals surface area (Å²) in [7, 11) is 0. The monoisotopic (exact) mass is 702 g/mol. The van der Waals surface area contributed by atoms with Crippen molar-refractivity contribution in [1.82, 2.24) is 4.57 Å². The highest BCUT2D eigenvalue weighted by molar-refractivity contribution is 6.18. The minimum Gasteiger partial charge on any atom is -0.456 e. The summed E-state index contributed by atoms with van der Waals surface area (Å²) in [6, 6.07) is 74.0. The first-order valence-corrected chi connectivity index (χ1v) is 18.8. The van der Waals surface area contributed by atoms with Crippen molar-refractivity contribution in [1.29, 1.82) is 0 Å². The molecule has 0 aliphatic heterocycles. The number of fused-ring (bicyclic) bond motifs is 8. The van der Waals surface area contributed by atoms with Gasteiger partial charge in [-0.25, -0.2) is 0 Å². The standard InChI is InChI=1S/C52H34N2O/c1-2-12-35(13-3-1)36-22-24-38(25-23-36)42-15-6-9-19-48(42)53(41-31-33-51-47(34-41)45-18-8-11-21-50(45)55-51)39-27-29-40(30-28-39)54-49-20-10-7-17-44(49)46-32-26-37-14-4-5-16-43(37)52(46)54/h1-34H. The Bertz CT molecular complexity index is 3190. The predicted molar refractivity (Wildman–Crippen MR) is 231 cm³/mol. The molecule has 0 unspecified atom stereocenters. The zero-order valence-electron chi connectivity index (χ0n) is 29.9. The van der Waals surface area contributed by atoms with E-state index in [1.165, 1.54) is 43.7 Å². The van der Waals surface area contributed by atoms with Gasteiger partial charge in [0, 0.05) is 49.6 Å². The quantitative estimate of drug-likeness (QED) is 0.172. The largest absolute Gasteiger partial charge is 0.456 e. The lowest BCUT2D eigenvalue weighted by molar-refractivity contribution is 0.669. The average Bonchev–Trinajstić information content (AvgIpc) is 3.81. The topological polar surface area (TPSA) is 21.3 Å². The molecule has 0 N–H and O–H groups in total. The van der Waals surface area contributed by atoms with E-state index in [9.17, 15) is 0 Å². The third-order valence-electron chi connectivity index (χ3n) is 11.0. The van der Waals surface area contributed by atoms with Gasteiger partial charge in [0.15, 0.2) is 0 Å². The summed E-state index contributed by atoms with van der Waals surface area (Å²) in [6.07, 6.45) is 0. The number of benzene rings is 9. The number of rotatable bonds is 6. The molecule has 258 valence electrons. The third-order valence-corrected chi connectivity index (χ3v) is 11.0. The molecule has 3 heteroatoms. The Morgan fingerprint density at radius 1 is 0.382 bits per heavy atom. The maximum absolute atomic E-state index is 6.28. The minimum atomic E-state index is 0.878. The minimum absolute atomic E-state index is 0.878. The second kappa shape index (κ2) is 12.6. The lowest BCUT2D eigenvalue weighted by atomic mass is 9.98. The van der Waals surface area contributed by atoms with Crippen molar-refractivity contribution in [3.63, 3.8) is 0 Å². The first-order chi connectivity index (χ1) is 27.3. The van der Waals surface area contributed by atoms with E-state index in [0.29, 0.717) is 0 Å². The molecular weight excluding hydrogens is 669 g/mol. The molecule has 0 aliphatic rings. The van der Waals surface area contributed by atoms with Crippen LogP contribution in [-0.2, 0) is 0 Å². The van der Waals surface area contributed by atoms with Crippen molar-refractivity contribution < 1.29 is 4.42 Å². The molecule has 11 aromatic rings. The lowest BCUT2D eigenvalue weighted by Gasteiger charge is -2.28. The van der Waals surface area contributed by atoms with Crippen molar-refractivity contribution in [3.8, 4) is 27.9 Å². The summed E-state index contributed by atoms with van der Waals surface area (Å²) in [6.45, 7) is 0. The molecule has 2 aromatic heterocycles. The molecule has 3 nitrogen and oxygen atoms in total. The van der Waals surface area contributed by atoms with Gasteiger partial charge in [-0.1, -0.05) is 146 Å². The maximum atomic E-state index is 6.28. The number of anilines is 3. The Morgan fingerprint density at radius 3 is 1.87 bits per heavy atom. The molecule has 0 aliphatic carbocycles. The molecule has 0 spiro atoms. The first kappa shape index (κ1) is 31.2. The molecule has 0 radical (unpaired) electrons. The van der Waals surface area contributed by atoms with Crippen LogP contribution in [0.15, 0.2) is 211 Å². The predicted octanol–water partition coefficient (Wildman–Crippen LogP) is 14.6.